The number of aliphatic carboxylic acids is 2. The summed E-state index contributed by atoms with van der Waals surface area (Å²) < 4.78 is 69.6. The van der Waals surface area contributed by atoms with Crippen molar-refractivity contribution >= 4 is 34.9 Å². The van der Waals surface area contributed by atoms with Gasteiger partial charge in [0.15, 0.2) is 0 Å². The molecule has 0 aliphatic carbocycles. The van der Waals surface area contributed by atoms with Gasteiger partial charge in [-0.3, -0.25) is 14.7 Å². The number of anilines is 1. The van der Waals surface area contributed by atoms with Crippen LogP contribution in [0, 0.1) is 12.8 Å². The van der Waals surface area contributed by atoms with Gasteiger partial charge in [-0.2, -0.15) is 26.3 Å². The summed E-state index contributed by atoms with van der Waals surface area (Å²) in [7, 11) is 0. The molecular formula is C22H24F6N4O6S. The molecule has 2 aromatic rings. The third-order valence-electron chi connectivity index (χ3n) is 5.39. The Bertz CT molecular complexity index is 1090. The third-order valence-corrected chi connectivity index (χ3v) is 6.22. The largest absolute Gasteiger partial charge is 0.490 e. The number of halogens is 6. The Hall–Kier alpha value is -3.31. The second kappa shape index (κ2) is 13.7. The molecular weight excluding hydrogens is 562 g/mol. The van der Waals surface area contributed by atoms with E-state index in [1.54, 1.807) is 23.7 Å². The number of alkyl halides is 6. The molecule has 0 bridgehead atoms. The third kappa shape index (κ3) is 10.8. The number of nitrogens with zero attached hydrogens (tertiary/aromatic N) is 3. The van der Waals surface area contributed by atoms with Crippen LogP contribution in [0.25, 0.3) is 0 Å². The number of hydrogen-bond acceptors (Lipinski definition) is 8. The molecule has 4 heterocycles. The zero-order valence-electron chi connectivity index (χ0n) is 20.2. The number of piperidine rings is 1. The molecule has 0 saturated carbocycles. The number of aromatic nitrogens is 2. The lowest BCUT2D eigenvalue weighted by atomic mass is 9.91. The van der Waals surface area contributed by atoms with Crippen LogP contribution >= 0.6 is 11.3 Å². The van der Waals surface area contributed by atoms with E-state index in [2.05, 4.69) is 25.6 Å². The molecule has 216 valence electrons. The van der Waals surface area contributed by atoms with Crippen molar-refractivity contribution in [3.05, 3.63) is 40.6 Å². The summed E-state index contributed by atoms with van der Waals surface area (Å²) in [5, 5.41) is 20.4. The SMILES string of the molecule is Cc1nc(CN2CC[C@H]3C[C@@H](C(=O)Nc4cccnc4)O[C@H]3C2)cs1.O=C(O)C(F)(F)F.O=C(O)C(F)(F)F. The number of likely N-dealkylation sites (tertiary alicyclic amines) is 1. The first kappa shape index (κ1) is 31.9. The van der Waals surface area contributed by atoms with E-state index in [1.165, 1.54) is 0 Å². The fourth-order valence-electron chi connectivity index (χ4n) is 3.68. The number of hydrogen-bond donors (Lipinski definition) is 3. The van der Waals surface area contributed by atoms with Gasteiger partial charge >= 0.3 is 24.3 Å². The summed E-state index contributed by atoms with van der Waals surface area (Å²) in [6.07, 6.45) is -5.17. The monoisotopic (exact) mass is 586 g/mol. The van der Waals surface area contributed by atoms with Crippen LogP contribution in [0.3, 0.4) is 0 Å². The van der Waals surface area contributed by atoms with E-state index < -0.39 is 24.3 Å². The van der Waals surface area contributed by atoms with Crippen molar-refractivity contribution in [1.82, 2.24) is 14.9 Å². The highest BCUT2D eigenvalue weighted by Gasteiger charge is 2.42. The van der Waals surface area contributed by atoms with E-state index in [1.807, 2.05) is 19.1 Å². The van der Waals surface area contributed by atoms with Crippen LogP contribution in [-0.2, 0) is 25.7 Å². The standard InChI is InChI=1S/C18H22N4O2S.2C2HF3O2/c1-12-20-15(11-25-12)9-22-6-4-13-7-16(24-17(13)10-22)18(23)21-14-3-2-5-19-8-14;2*3-2(4,5)1(6)7/h2-3,5,8,11,13,16-17H,4,6-7,9-10H2,1H3,(H,21,23);2*(H,6,7)/t13-,16-,17-;;/m0../s1. The number of rotatable bonds is 4. The van der Waals surface area contributed by atoms with Gasteiger partial charge in [0.25, 0.3) is 5.91 Å². The van der Waals surface area contributed by atoms with Gasteiger partial charge in [0, 0.05) is 24.7 Å². The average Bonchev–Trinajstić information content (AvgIpc) is 3.45. The predicted molar refractivity (Wildman–Crippen MR) is 124 cm³/mol. The fourth-order valence-corrected chi connectivity index (χ4v) is 4.28. The first-order chi connectivity index (χ1) is 18.1. The second-order valence-corrected chi connectivity index (χ2v) is 9.44. The quantitative estimate of drug-likeness (QED) is 0.457. The minimum Gasteiger partial charge on any atom is -0.475 e. The lowest BCUT2D eigenvalue weighted by molar-refractivity contribution is -0.193. The molecule has 4 rings (SSSR count). The van der Waals surface area contributed by atoms with E-state index in [0.29, 0.717) is 11.6 Å². The molecule has 2 aliphatic rings. The van der Waals surface area contributed by atoms with Crippen LogP contribution in [0.5, 0.6) is 0 Å². The van der Waals surface area contributed by atoms with Crippen molar-refractivity contribution in [1.29, 1.82) is 0 Å². The number of carboxylic acid groups (broad SMARTS) is 2. The summed E-state index contributed by atoms with van der Waals surface area (Å²) in [6, 6.07) is 3.65. The molecule has 2 saturated heterocycles. The van der Waals surface area contributed by atoms with Crippen LogP contribution < -0.4 is 5.32 Å². The Balaban J connectivity index is 0.000000317. The Labute approximate surface area is 221 Å². The molecule has 0 radical (unpaired) electrons. The number of carbonyl (C=O) groups excluding carboxylic acids is 1. The lowest BCUT2D eigenvalue weighted by Gasteiger charge is -2.33. The highest BCUT2D eigenvalue weighted by atomic mass is 32.1. The first-order valence-corrected chi connectivity index (χ1v) is 12.0. The number of pyridine rings is 1. The maximum absolute atomic E-state index is 12.4. The normalized spacial score (nSPS) is 20.9. The predicted octanol–water partition coefficient (Wildman–Crippen LogP) is 3.73. The average molecular weight is 587 g/mol. The molecule has 2 aromatic heterocycles. The minimum absolute atomic E-state index is 0.0657. The number of thiazole rings is 1. The summed E-state index contributed by atoms with van der Waals surface area (Å²) >= 11 is 1.69. The van der Waals surface area contributed by atoms with Gasteiger partial charge in [0.2, 0.25) is 0 Å². The highest BCUT2D eigenvalue weighted by Crippen LogP contribution is 2.34. The van der Waals surface area contributed by atoms with E-state index in [0.717, 1.165) is 43.2 Å². The van der Waals surface area contributed by atoms with E-state index in [9.17, 15) is 31.1 Å². The summed E-state index contributed by atoms with van der Waals surface area (Å²) in [5.41, 5.74) is 1.84. The number of aryl methyl sites for hydroxylation is 1. The molecule has 0 unspecified atom stereocenters. The number of ether oxygens (including phenoxy) is 1. The van der Waals surface area contributed by atoms with Crippen molar-refractivity contribution in [2.24, 2.45) is 5.92 Å². The Kier molecular flexibility index (Phi) is 11.2. The smallest absolute Gasteiger partial charge is 0.475 e. The van der Waals surface area contributed by atoms with Gasteiger partial charge in [-0.1, -0.05) is 0 Å². The Morgan fingerprint density at radius 2 is 1.77 bits per heavy atom. The molecule has 2 fully saturated rings. The summed E-state index contributed by atoms with van der Waals surface area (Å²) in [5.74, 6) is -5.11. The number of carbonyl (C=O) groups is 3. The van der Waals surface area contributed by atoms with E-state index in [-0.39, 0.29) is 18.1 Å². The van der Waals surface area contributed by atoms with Gasteiger partial charge in [-0.05, 0) is 44.4 Å². The van der Waals surface area contributed by atoms with E-state index in [4.69, 9.17) is 24.5 Å². The fraction of sp³-hybridized carbons (Fsp3) is 0.500. The van der Waals surface area contributed by atoms with Crippen LogP contribution in [-0.4, -0.2) is 80.6 Å². The molecule has 3 N–H and O–H groups in total. The van der Waals surface area contributed by atoms with Crippen LogP contribution in [0.2, 0.25) is 0 Å². The zero-order chi connectivity index (χ0) is 29.4. The number of nitrogens with one attached hydrogen (secondary N) is 1. The molecule has 3 atom stereocenters. The zero-order valence-corrected chi connectivity index (χ0v) is 21.0. The van der Waals surface area contributed by atoms with Crippen LogP contribution in [0.15, 0.2) is 29.9 Å². The number of amides is 1. The van der Waals surface area contributed by atoms with Gasteiger partial charge in [0.1, 0.15) is 6.10 Å². The number of carboxylic acids is 2. The first-order valence-electron chi connectivity index (χ1n) is 11.2. The topological polar surface area (TPSA) is 142 Å². The maximum atomic E-state index is 12.4. The van der Waals surface area contributed by atoms with E-state index >= 15 is 0 Å². The van der Waals surface area contributed by atoms with Crippen LogP contribution in [0.1, 0.15) is 23.5 Å². The van der Waals surface area contributed by atoms with Crippen molar-refractivity contribution in [3.63, 3.8) is 0 Å². The minimum atomic E-state index is -5.08. The molecule has 0 spiro atoms. The second-order valence-electron chi connectivity index (χ2n) is 8.38. The lowest BCUT2D eigenvalue weighted by Crippen LogP contribution is -2.42. The van der Waals surface area contributed by atoms with Gasteiger partial charge in [-0.25, -0.2) is 14.6 Å². The van der Waals surface area contributed by atoms with Crippen molar-refractivity contribution in [2.45, 2.75) is 50.9 Å². The maximum Gasteiger partial charge on any atom is 0.490 e. The van der Waals surface area contributed by atoms with Crippen LogP contribution in [0.4, 0.5) is 32.0 Å². The molecule has 17 heteroatoms. The molecule has 0 aromatic carbocycles. The number of fused-ring (bicyclic) bond motifs is 1. The van der Waals surface area contributed by atoms with Gasteiger partial charge in [-0.15, -0.1) is 11.3 Å². The highest BCUT2D eigenvalue weighted by molar-refractivity contribution is 7.09. The Morgan fingerprint density at radius 1 is 1.15 bits per heavy atom. The summed E-state index contributed by atoms with van der Waals surface area (Å²) in [6.45, 7) is 4.81. The summed E-state index contributed by atoms with van der Waals surface area (Å²) in [4.78, 5) is 41.2. The van der Waals surface area contributed by atoms with Crippen molar-refractivity contribution < 1.29 is 55.7 Å². The molecule has 2 aliphatic heterocycles. The van der Waals surface area contributed by atoms with Crippen molar-refractivity contribution in [3.8, 4) is 0 Å². The van der Waals surface area contributed by atoms with Gasteiger partial charge < -0.3 is 20.3 Å². The van der Waals surface area contributed by atoms with Crippen molar-refractivity contribution in [2.75, 3.05) is 18.4 Å². The molecule has 10 nitrogen and oxygen atoms in total. The molecule has 1 amide bonds. The van der Waals surface area contributed by atoms with Gasteiger partial charge in [0.05, 0.1) is 28.7 Å². The molecule has 39 heavy (non-hydrogen) atoms. The Morgan fingerprint density at radius 3 is 2.26 bits per heavy atom.